The Balaban J connectivity index is 3.96. The maximum Gasteiger partial charge on any atom is 0.241 e. The summed E-state index contributed by atoms with van der Waals surface area (Å²) in [6.07, 6.45) is 22.9. The van der Waals surface area contributed by atoms with E-state index in [4.69, 9.17) is 0 Å². The van der Waals surface area contributed by atoms with Gasteiger partial charge in [0, 0.05) is 17.8 Å². The van der Waals surface area contributed by atoms with Gasteiger partial charge in [-0.3, -0.25) is 14.9 Å². The highest BCUT2D eigenvalue weighted by atomic mass is 16.6. The van der Waals surface area contributed by atoms with Gasteiger partial charge in [0.25, 0.3) is 0 Å². The summed E-state index contributed by atoms with van der Waals surface area (Å²) in [6.45, 7) is 2.20. The summed E-state index contributed by atoms with van der Waals surface area (Å²) in [5, 5.41) is 21.2. The van der Waals surface area contributed by atoms with Crippen LogP contribution in [0.25, 0.3) is 0 Å². The Hall–Kier alpha value is -1.75. The van der Waals surface area contributed by atoms with Crippen molar-refractivity contribution in [3.05, 3.63) is 46.6 Å². The van der Waals surface area contributed by atoms with Crippen molar-refractivity contribution in [3.8, 4) is 0 Å². The third-order valence-corrected chi connectivity index (χ3v) is 4.39. The van der Waals surface area contributed by atoms with E-state index in [9.17, 15) is 20.0 Å². The first kappa shape index (κ1) is 25.2. The van der Waals surface area contributed by atoms with Crippen LogP contribution in [-0.2, 0) is 4.79 Å². The Morgan fingerprint density at radius 1 is 0.963 bits per heavy atom. The summed E-state index contributed by atoms with van der Waals surface area (Å²) in [5.74, 6) is 0. The number of carbonyl (C=O) groups excluding carboxylic acids is 1. The van der Waals surface area contributed by atoms with Gasteiger partial charge in [0.2, 0.25) is 6.04 Å². The van der Waals surface area contributed by atoms with Crippen molar-refractivity contribution in [2.45, 2.75) is 96.1 Å². The minimum Gasteiger partial charge on any atom is -0.386 e. The van der Waals surface area contributed by atoms with Crippen LogP contribution in [0, 0.1) is 10.1 Å². The van der Waals surface area contributed by atoms with Crippen LogP contribution in [0.15, 0.2) is 36.5 Å². The van der Waals surface area contributed by atoms with Crippen molar-refractivity contribution in [2.75, 3.05) is 0 Å². The third-order valence-electron chi connectivity index (χ3n) is 4.39. The molecule has 0 spiro atoms. The van der Waals surface area contributed by atoms with Crippen LogP contribution in [0.1, 0.15) is 84.0 Å². The van der Waals surface area contributed by atoms with E-state index in [1.807, 2.05) is 12.4 Å². The molecule has 0 amide bonds. The second-order valence-corrected chi connectivity index (χ2v) is 6.78. The first-order valence-corrected chi connectivity index (χ1v) is 10.2. The lowest BCUT2D eigenvalue weighted by Crippen LogP contribution is -2.33. The summed E-state index contributed by atoms with van der Waals surface area (Å²) in [6, 6.07) is -0.964. The molecule has 0 aromatic rings. The standard InChI is InChI=1S/C22H36NO4/c1-2-3-4-5-6-7-8-9-10-11-12-15-18-21(23(26)27)22(25)19-16-13-14-17-20-24/h6-7,9-10,12,15,21-22,25H,2-5,8,11,13-14,16-19H2,1H3/b7-6-,10-9-,15-12-. The van der Waals surface area contributed by atoms with Crippen LogP contribution in [0.3, 0.4) is 0 Å². The molecular formula is C22H36NO4. The molecule has 27 heavy (non-hydrogen) atoms. The SMILES string of the molecule is CCCCC/C=C\C/C=C\C/C=C\CC(C(O)CCCCC[C]=O)[N+](=O)[O-]. The number of nitrogens with zero attached hydrogens (tertiary/aromatic N) is 1. The number of unbranched alkanes of at least 4 members (excludes halogenated alkanes) is 6. The van der Waals surface area contributed by atoms with E-state index in [-0.39, 0.29) is 6.42 Å². The van der Waals surface area contributed by atoms with Gasteiger partial charge in [-0.05, 0) is 38.5 Å². The minimum absolute atomic E-state index is 0.238. The van der Waals surface area contributed by atoms with Gasteiger partial charge in [-0.15, -0.1) is 0 Å². The largest absolute Gasteiger partial charge is 0.386 e. The molecule has 0 saturated heterocycles. The zero-order chi connectivity index (χ0) is 20.2. The van der Waals surface area contributed by atoms with Crippen molar-refractivity contribution in [2.24, 2.45) is 0 Å². The fourth-order valence-electron chi connectivity index (χ4n) is 2.71. The summed E-state index contributed by atoms with van der Waals surface area (Å²) in [5.41, 5.74) is 0. The summed E-state index contributed by atoms with van der Waals surface area (Å²) in [7, 11) is 0. The van der Waals surface area contributed by atoms with Crippen LogP contribution in [0.4, 0.5) is 0 Å². The summed E-state index contributed by atoms with van der Waals surface area (Å²) >= 11 is 0. The lowest BCUT2D eigenvalue weighted by Gasteiger charge is -2.14. The fraction of sp³-hybridized carbons (Fsp3) is 0.682. The van der Waals surface area contributed by atoms with E-state index in [0.29, 0.717) is 19.3 Å². The molecular weight excluding hydrogens is 342 g/mol. The molecule has 0 aliphatic carbocycles. The monoisotopic (exact) mass is 378 g/mol. The third kappa shape index (κ3) is 16.2. The molecule has 1 radical (unpaired) electrons. The van der Waals surface area contributed by atoms with Crippen molar-refractivity contribution in [1.82, 2.24) is 0 Å². The van der Waals surface area contributed by atoms with Crippen molar-refractivity contribution in [3.63, 3.8) is 0 Å². The van der Waals surface area contributed by atoms with Gasteiger partial charge in [-0.25, -0.2) is 0 Å². The normalized spacial score (nSPS) is 14.3. The summed E-state index contributed by atoms with van der Waals surface area (Å²) in [4.78, 5) is 20.9. The number of aliphatic hydroxyl groups is 1. The van der Waals surface area contributed by atoms with Gasteiger partial charge in [0.1, 0.15) is 6.10 Å². The number of allylic oxidation sites excluding steroid dienone is 5. The van der Waals surface area contributed by atoms with E-state index >= 15 is 0 Å². The molecule has 0 saturated carbocycles. The lowest BCUT2D eigenvalue weighted by molar-refractivity contribution is -0.533. The predicted molar refractivity (Wildman–Crippen MR) is 111 cm³/mol. The smallest absolute Gasteiger partial charge is 0.241 e. The number of nitro groups is 1. The molecule has 153 valence electrons. The zero-order valence-electron chi connectivity index (χ0n) is 16.7. The zero-order valence-corrected chi connectivity index (χ0v) is 16.7. The van der Waals surface area contributed by atoms with Crippen LogP contribution < -0.4 is 0 Å². The molecule has 5 heteroatoms. The average Bonchev–Trinajstić information content (AvgIpc) is 2.65. The number of hydrogen-bond donors (Lipinski definition) is 1. The van der Waals surface area contributed by atoms with E-state index < -0.39 is 17.1 Å². The Labute approximate surface area is 164 Å². The summed E-state index contributed by atoms with van der Waals surface area (Å²) < 4.78 is 0. The quantitative estimate of drug-likeness (QED) is 0.148. The first-order chi connectivity index (χ1) is 13.1. The number of hydrogen-bond acceptors (Lipinski definition) is 4. The number of rotatable bonds is 18. The molecule has 0 fully saturated rings. The second-order valence-electron chi connectivity index (χ2n) is 6.78. The van der Waals surface area contributed by atoms with Gasteiger partial charge in [0.15, 0.2) is 6.29 Å². The molecule has 2 unspecified atom stereocenters. The van der Waals surface area contributed by atoms with Crippen LogP contribution in [0.2, 0.25) is 0 Å². The number of aliphatic hydroxyl groups excluding tert-OH is 1. The second kappa shape index (κ2) is 19.0. The van der Waals surface area contributed by atoms with Crippen LogP contribution in [-0.4, -0.2) is 28.5 Å². The molecule has 0 aliphatic heterocycles. The van der Waals surface area contributed by atoms with Crippen LogP contribution in [0.5, 0.6) is 0 Å². The molecule has 0 heterocycles. The van der Waals surface area contributed by atoms with E-state index in [1.165, 1.54) is 19.3 Å². The maximum atomic E-state index is 11.1. The fourth-order valence-corrected chi connectivity index (χ4v) is 2.71. The minimum atomic E-state index is -0.964. The molecule has 2 atom stereocenters. The van der Waals surface area contributed by atoms with Gasteiger partial charge in [-0.2, -0.15) is 0 Å². The topological polar surface area (TPSA) is 80.4 Å². The highest BCUT2D eigenvalue weighted by molar-refractivity contribution is 5.50. The van der Waals surface area contributed by atoms with Gasteiger partial charge < -0.3 is 5.11 Å². The maximum absolute atomic E-state index is 11.1. The van der Waals surface area contributed by atoms with Crippen molar-refractivity contribution in [1.29, 1.82) is 0 Å². The predicted octanol–water partition coefficient (Wildman–Crippen LogP) is 5.47. The average molecular weight is 379 g/mol. The molecule has 5 nitrogen and oxygen atoms in total. The highest BCUT2D eigenvalue weighted by Crippen LogP contribution is 2.13. The molecule has 1 N–H and O–H groups in total. The van der Waals surface area contributed by atoms with E-state index in [0.717, 1.165) is 32.1 Å². The van der Waals surface area contributed by atoms with Crippen molar-refractivity contribution >= 4 is 6.29 Å². The molecule has 0 aliphatic rings. The van der Waals surface area contributed by atoms with Crippen LogP contribution >= 0.6 is 0 Å². The Bertz CT molecular complexity index is 457. The lowest BCUT2D eigenvalue weighted by atomic mass is 10.0. The Morgan fingerprint density at radius 2 is 1.63 bits per heavy atom. The Kier molecular flexibility index (Phi) is 17.8. The highest BCUT2D eigenvalue weighted by Gasteiger charge is 2.27. The van der Waals surface area contributed by atoms with E-state index in [2.05, 4.69) is 31.2 Å². The van der Waals surface area contributed by atoms with Gasteiger partial charge >= 0.3 is 0 Å². The Morgan fingerprint density at radius 3 is 2.26 bits per heavy atom. The molecule has 0 bridgehead atoms. The van der Waals surface area contributed by atoms with E-state index in [1.54, 1.807) is 6.08 Å². The molecule has 0 aromatic carbocycles. The first-order valence-electron chi connectivity index (χ1n) is 10.2. The molecule has 0 aromatic heterocycles. The van der Waals surface area contributed by atoms with Crippen molar-refractivity contribution < 1.29 is 14.8 Å². The van der Waals surface area contributed by atoms with Gasteiger partial charge in [0.05, 0.1) is 0 Å². The van der Waals surface area contributed by atoms with Gasteiger partial charge in [-0.1, -0.05) is 69.1 Å². The molecule has 0 rings (SSSR count).